The lowest BCUT2D eigenvalue weighted by molar-refractivity contribution is -0.131. The maximum Gasteiger partial charge on any atom is 0.220 e. The topological polar surface area (TPSA) is 75.6 Å². The van der Waals surface area contributed by atoms with Crippen LogP contribution in [-0.2, 0) is 14.3 Å². The lowest BCUT2D eigenvalue weighted by Crippen LogP contribution is -2.47. The van der Waals surface area contributed by atoms with E-state index in [9.17, 15) is 9.59 Å². The average molecular weight is 358 g/mol. The molecule has 2 aliphatic carbocycles. The van der Waals surface area contributed by atoms with Gasteiger partial charge in [0, 0.05) is 38.9 Å². The van der Waals surface area contributed by atoms with Crippen molar-refractivity contribution in [1.29, 1.82) is 0 Å². The van der Waals surface area contributed by atoms with Crippen LogP contribution in [0.1, 0.15) is 80.0 Å². The molecule has 2 aliphatic rings. The van der Waals surface area contributed by atoms with Gasteiger partial charge in [0.15, 0.2) is 0 Å². The zero-order chi connectivity index (χ0) is 18.7. The molecule has 0 radical (unpaired) electrons. The molecule has 2 saturated carbocycles. The number of amides is 1. The number of ether oxygens (including phenoxy) is 1. The zero-order valence-electron chi connectivity index (χ0n) is 16.3. The lowest BCUT2D eigenvalue weighted by atomic mass is 9.75. The fourth-order valence-corrected chi connectivity index (χ4v) is 3.45. The SMILES string of the molecule is CC(C)C(=O)C1CC(NC(=O)CCCOC2CCCCC2)C1.CCO.[HH]. The number of carbonyl (C=O) groups is 2. The number of Topliss-reactive ketones (excluding diaryl/α,β-unsaturated/α-hetero) is 1. The highest BCUT2D eigenvalue weighted by Gasteiger charge is 2.35. The number of nitrogens with one attached hydrogen (secondary N) is 1. The van der Waals surface area contributed by atoms with Crippen molar-refractivity contribution in [2.24, 2.45) is 11.8 Å². The third kappa shape index (κ3) is 8.82. The second-order valence-corrected chi connectivity index (χ2v) is 7.54. The number of aliphatic hydroxyl groups excluding tert-OH is 1. The van der Waals surface area contributed by atoms with Gasteiger partial charge in [-0.15, -0.1) is 0 Å². The van der Waals surface area contributed by atoms with E-state index in [4.69, 9.17) is 9.84 Å². The number of carbonyl (C=O) groups excluding carboxylic acids is 2. The monoisotopic (exact) mass is 357 g/mol. The van der Waals surface area contributed by atoms with Crippen LogP contribution in [0.2, 0.25) is 0 Å². The van der Waals surface area contributed by atoms with Gasteiger partial charge in [0.1, 0.15) is 5.78 Å². The van der Waals surface area contributed by atoms with Crippen molar-refractivity contribution in [3.63, 3.8) is 0 Å². The predicted molar refractivity (Wildman–Crippen MR) is 101 cm³/mol. The molecule has 5 nitrogen and oxygen atoms in total. The first-order valence-electron chi connectivity index (χ1n) is 10.0. The summed E-state index contributed by atoms with van der Waals surface area (Å²) in [7, 11) is 0. The summed E-state index contributed by atoms with van der Waals surface area (Å²) in [6.07, 6.45) is 9.65. The molecule has 0 saturated heterocycles. The Morgan fingerprint density at radius 3 is 2.36 bits per heavy atom. The standard InChI is InChI=1S/C18H31NO3.C2H6O.H2/c1-13(2)18(21)14-11-15(12-14)19-17(20)9-6-10-22-16-7-4-3-5-8-16;1-2-3;/h13-16H,3-12H2,1-2H3,(H,19,20);3H,2H2,1H3;1H. The van der Waals surface area contributed by atoms with E-state index in [1.807, 2.05) is 13.8 Å². The second kappa shape index (κ2) is 12.4. The molecule has 0 aromatic carbocycles. The highest BCUT2D eigenvalue weighted by atomic mass is 16.5. The molecule has 0 heterocycles. The first-order chi connectivity index (χ1) is 12.0. The Labute approximate surface area is 154 Å². The molecule has 2 N–H and O–H groups in total. The van der Waals surface area contributed by atoms with Crippen LogP contribution in [0.5, 0.6) is 0 Å². The van der Waals surface area contributed by atoms with Crippen molar-refractivity contribution in [2.45, 2.75) is 90.7 Å². The maximum atomic E-state index is 11.9. The van der Waals surface area contributed by atoms with Gasteiger partial charge >= 0.3 is 0 Å². The number of hydrogen-bond donors (Lipinski definition) is 2. The number of rotatable bonds is 8. The summed E-state index contributed by atoms with van der Waals surface area (Å²) in [4.78, 5) is 23.6. The van der Waals surface area contributed by atoms with Crippen LogP contribution in [0.15, 0.2) is 0 Å². The molecule has 148 valence electrons. The van der Waals surface area contributed by atoms with Gasteiger partial charge in [-0.25, -0.2) is 0 Å². The molecule has 0 atom stereocenters. The Bertz CT molecular complexity index is 391. The van der Waals surface area contributed by atoms with Crippen molar-refractivity contribution in [1.82, 2.24) is 5.32 Å². The largest absolute Gasteiger partial charge is 0.397 e. The second-order valence-electron chi connectivity index (χ2n) is 7.54. The van der Waals surface area contributed by atoms with E-state index in [2.05, 4.69) is 5.32 Å². The molecule has 0 spiro atoms. The van der Waals surface area contributed by atoms with Gasteiger partial charge in [-0.1, -0.05) is 33.1 Å². The number of aliphatic hydroxyl groups is 1. The lowest BCUT2D eigenvalue weighted by Gasteiger charge is -2.35. The quantitative estimate of drug-likeness (QED) is 0.652. The normalized spacial score (nSPS) is 23.4. The van der Waals surface area contributed by atoms with E-state index in [0.29, 0.717) is 24.9 Å². The third-order valence-corrected chi connectivity index (χ3v) is 4.93. The third-order valence-electron chi connectivity index (χ3n) is 4.93. The Balaban J connectivity index is 0.00000146. The fourth-order valence-electron chi connectivity index (χ4n) is 3.45. The predicted octanol–water partition coefficient (Wildman–Crippen LogP) is 3.48. The van der Waals surface area contributed by atoms with Crippen LogP contribution in [-0.4, -0.2) is 42.2 Å². The minimum absolute atomic E-state index is 0. The summed E-state index contributed by atoms with van der Waals surface area (Å²) in [5.41, 5.74) is 0. The molecule has 2 rings (SSSR count). The minimum atomic E-state index is 0. The number of hydrogen-bond acceptors (Lipinski definition) is 4. The van der Waals surface area contributed by atoms with Crippen LogP contribution in [0.25, 0.3) is 0 Å². The van der Waals surface area contributed by atoms with Crippen LogP contribution in [0.4, 0.5) is 0 Å². The highest BCUT2D eigenvalue weighted by Crippen LogP contribution is 2.30. The van der Waals surface area contributed by atoms with Crippen LogP contribution in [0.3, 0.4) is 0 Å². The van der Waals surface area contributed by atoms with Gasteiger partial charge in [0.25, 0.3) is 0 Å². The zero-order valence-corrected chi connectivity index (χ0v) is 16.3. The first-order valence-corrected chi connectivity index (χ1v) is 10.0. The molecule has 0 aliphatic heterocycles. The van der Waals surface area contributed by atoms with Crippen molar-refractivity contribution in [3.05, 3.63) is 0 Å². The van der Waals surface area contributed by atoms with E-state index in [-0.39, 0.29) is 31.8 Å². The minimum Gasteiger partial charge on any atom is -0.397 e. The van der Waals surface area contributed by atoms with Gasteiger partial charge in [-0.05, 0) is 39.0 Å². The van der Waals surface area contributed by atoms with Gasteiger partial charge in [-0.2, -0.15) is 0 Å². The summed E-state index contributed by atoms with van der Waals surface area (Å²) >= 11 is 0. The Morgan fingerprint density at radius 1 is 1.20 bits per heavy atom. The van der Waals surface area contributed by atoms with Gasteiger partial charge in [0.2, 0.25) is 5.91 Å². The van der Waals surface area contributed by atoms with E-state index >= 15 is 0 Å². The molecular weight excluding hydrogens is 318 g/mol. The Kier molecular flexibility index (Phi) is 11.0. The molecule has 2 fully saturated rings. The smallest absolute Gasteiger partial charge is 0.220 e. The molecule has 25 heavy (non-hydrogen) atoms. The maximum absolute atomic E-state index is 11.9. The van der Waals surface area contributed by atoms with Gasteiger partial charge in [-0.3, -0.25) is 9.59 Å². The molecule has 1 amide bonds. The van der Waals surface area contributed by atoms with Crippen molar-refractivity contribution < 1.29 is 20.9 Å². The van der Waals surface area contributed by atoms with Gasteiger partial charge in [0.05, 0.1) is 6.10 Å². The molecule has 0 aromatic rings. The van der Waals surface area contributed by atoms with E-state index in [1.54, 1.807) is 6.92 Å². The Hall–Kier alpha value is -0.940. The van der Waals surface area contributed by atoms with Crippen LogP contribution in [0, 0.1) is 11.8 Å². The fraction of sp³-hybridized carbons (Fsp3) is 0.900. The summed E-state index contributed by atoms with van der Waals surface area (Å²) in [5.74, 6) is 0.720. The van der Waals surface area contributed by atoms with E-state index < -0.39 is 0 Å². The Morgan fingerprint density at radius 2 is 1.80 bits per heavy atom. The van der Waals surface area contributed by atoms with Crippen molar-refractivity contribution in [2.75, 3.05) is 13.2 Å². The van der Waals surface area contributed by atoms with E-state index in [0.717, 1.165) is 19.3 Å². The number of ketones is 1. The van der Waals surface area contributed by atoms with E-state index in [1.165, 1.54) is 32.1 Å². The van der Waals surface area contributed by atoms with Gasteiger partial charge < -0.3 is 15.2 Å². The molecular formula is C20H39NO4. The molecule has 5 heteroatoms. The highest BCUT2D eigenvalue weighted by molar-refractivity contribution is 5.84. The molecule has 0 bridgehead atoms. The average Bonchev–Trinajstić information content (AvgIpc) is 2.55. The molecule has 0 aromatic heterocycles. The summed E-state index contributed by atoms with van der Waals surface area (Å²) in [6, 6.07) is 0.208. The summed E-state index contributed by atoms with van der Waals surface area (Å²) in [6.45, 7) is 6.51. The molecule has 0 unspecified atom stereocenters. The van der Waals surface area contributed by atoms with Crippen molar-refractivity contribution in [3.8, 4) is 0 Å². The van der Waals surface area contributed by atoms with Crippen molar-refractivity contribution >= 4 is 11.7 Å². The summed E-state index contributed by atoms with van der Waals surface area (Å²) < 4.78 is 5.83. The van der Waals surface area contributed by atoms with Crippen LogP contribution < -0.4 is 5.32 Å². The summed E-state index contributed by atoms with van der Waals surface area (Å²) in [5, 5.41) is 10.6. The van der Waals surface area contributed by atoms with Crippen LogP contribution >= 0.6 is 0 Å². The first kappa shape index (κ1) is 22.1.